The van der Waals surface area contributed by atoms with Crippen molar-refractivity contribution in [3.8, 4) is 0 Å². The van der Waals surface area contributed by atoms with Crippen molar-refractivity contribution in [1.82, 2.24) is 0 Å². The van der Waals surface area contributed by atoms with E-state index in [2.05, 4.69) is 16.4 Å². The monoisotopic (exact) mass is 187 g/mol. The number of ether oxygens (including phenoxy) is 2. The van der Waals surface area contributed by atoms with Crippen LogP contribution < -0.4 is 0 Å². The van der Waals surface area contributed by atoms with E-state index >= 15 is 0 Å². The van der Waals surface area contributed by atoms with E-state index in [1.807, 2.05) is 0 Å². The van der Waals surface area contributed by atoms with Gasteiger partial charge in [-0.15, -0.1) is 0 Å². The lowest BCUT2D eigenvalue weighted by molar-refractivity contribution is -0.146. The van der Waals surface area contributed by atoms with Crippen LogP contribution in [-0.2, 0) is 19.1 Å². The van der Waals surface area contributed by atoms with Gasteiger partial charge in [-0.2, -0.15) is 0 Å². The van der Waals surface area contributed by atoms with Crippen LogP contribution in [-0.4, -0.2) is 25.7 Å². The minimum Gasteiger partial charge on any atom is -0.469 e. The van der Waals surface area contributed by atoms with Crippen LogP contribution in [0.4, 0.5) is 0 Å². The molecule has 13 heavy (non-hydrogen) atoms. The van der Waals surface area contributed by atoms with Gasteiger partial charge >= 0.3 is 11.9 Å². The number of carbonyl (C=O) groups excluding carboxylic acids is 2. The van der Waals surface area contributed by atoms with Gasteiger partial charge in [0.1, 0.15) is 0 Å². The van der Waals surface area contributed by atoms with Gasteiger partial charge in [-0.3, -0.25) is 9.59 Å². The van der Waals surface area contributed by atoms with E-state index in [-0.39, 0.29) is 12.4 Å². The molecule has 4 heteroatoms. The van der Waals surface area contributed by atoms with Gasteiger partial charge in [-0.25, -0.2) is 0 Å². The molecule has 75 valence electrons. The normalized spacial score (nSPS) is 11.9. The Balaban J connectivity index is 3.63. The number of carbonyl (C=O) groups is 2. The highest BCUT2D eigenvalue weighted by molar-refractivity contribution is 5.74. The summed E-state index contributed by atoms with van der Waals surface area (Å²) in [4.78, 5) is 21.7. The van der Waals surface area contributed by atoms with Crippen LogP contribution in [0.25, 0.3) is 0 Å². The maximum atomic E-state index is 10.9. The molecule has 0 fully saturated rings. The van der Waals surface area contributed by atoms with Crippen molar-refractivity contribution in [2.45, 2.75) is 19.8 Å². The zero-order chi connectivity index (χ0) is 10.3. The highest BCUT2D eigenvalue weighted by Crippen LogP contribution is 2.07. The quantitative estimate of drug-likeness (QED) is 0.601. The van der Waals surface area contributed by atoms with Crippen LogP contribution in [0.15, 0.2) is 0 Å². The molecule has 0 aromatic rings. The minimum absolute atomic E-state index is 0.205. The summed E-state index contributed by atoms with van der Waals surface area (Å²) in [5, 5.41) is 0. The van der Waals surface area contributed by atoms with E-state index < -0.39 is 11.9 Å². The first-order chi connectivity index (χ1) is 6.11. The molecule has 0 amide bonds. The van der Waals surface area contributed by atoms with Crippen LogP contribution in [0, 0.1) is 12.8 Å². The standard InChI is InChI=1S/C9H15O4/c1-4-13-8(10)6-5-7(2)9(11)12-3/h7H,2,4-6H2,1,3H3. The van der Waals surface area contributed by atoms with E-state index in [9.17, 15) is 9.59 Å². The summed E-state index contributed by atoms with van der Waals surface area (Å²) in [5.74, 6) is -1.20. The number of hydrogen-bond acceptors (Lipinski definition) is 4. The lowest BCUT2D eigenvalue weighted by Gasteiger charge is -2.07. The topological polar surface area (TPSA) is 52.6 Å². The van der Waals surface area contributed by atoms with E-state index in [1.165, 1.54) is 7.11 Å². The third kappa shape index (κ3) is 5.22. The Labute approximate surface area is 78.2 Å². The minimum atomic E-state index is -0.491. The van der Waals surface area contributed by atoms with E-state index in [1.54, 1.807) is 6.92 Å². The first kappa shape index (κ1) is 11.9. The molecule has 0 aromatic heterocycles. The molecule has 0 rings (SSSR count). The first-order valence-electron chi connectivity index (χ1n) is 4.18. The SMILES string of the molecule is [CH2]C(CCC(=O)OCC)C(=O)OC. The molecule has 0 saturated heterocycles. The number of methoxy groups -OCH3 is 1. The van der Waals surface area contributed by atoms with Crippen molar-refractivity contribution in [1.29, 1.82) is 0 Å². The van der Waals surface area contributed by atoms with Gasteiger partial charge in [0.05, 0.1) is 19.6 Å². The van der Waals surface area contributed by atoms with Crippen LogP contribution in [0.2, 0.25) is 0 Å². The van der Waals surface area contributed by atoms with Crippen molar-refractivity contribution in [2.75, 3.05) is 13.7 Å². The molecule has 1 radical (unpaired) electrons. The molecule has 0 spiro atoms. The average Bonchev–Trinajstić information content (AvgIpc) is 2.13. The number of hydrogen-bond donors (Lipinski definition) is 0. The first-order valence-corrected chi connectivity index (χ1v) is 4.18. The maximum absolute atomic E-state index is 10.9. The molecule has 0 heterocycles. The molecule has 4 nitrogen and oxygen atoms in total. The molecule has 0 N–H and O–H groups in total. The zero-order valence-corrected chi connectivity index (χ0v) is 8.04. The smallest absolute Gasteiger partial charge is 0.308 e. The number of rotatable bonds is 5. The summed E-state index contributed by atoms with van der Waals surface area (Å²) >= 11 is 0. The van der Waals surface area contributed by atoms with Gasteiger partial charge in [0, 0.05) is 6.42 Å². The second-order valence-corrected chi connectivity index (χ2v) is 2.56. The van der Waals surface area contributed by atoms with Crippen LogP contribution in [0.3, 0.4) is 0 Å². The fourth-order valence-electron chi connectivity index (χ4n) is 0.810. The van der Waals surface area contributed by atoms with Gasteiger partial charge in [-0.1, -0.05) is 0 Å². The molecule has 0 aromatic carbocycles. The Kier molecular flexibility index (Phi) is 5.93. The van der Waals surface area contributed by atoms with Crippen molar-refractivity contribution in [2.24, 2.45) is 5.92 Å². The zero-order valence-electron chi connectivity index (χ0n) is 8.04. The molecule has 0 aliphatic rings. The van der Waals surface area contributed by atoms with Crippen molar-refractivity contribution in [3.05, 3.63) is 6.92 Å². The van der Waals surface area contributed by atoms with E-state index in [4.69, 9.17) is 0 Å². The Hall–Kier alpha value is -1.06. The Bertz CT molecular complexity index is 176. The third-order valence-electron chi connectivity index (χ3n) is 1.54. The highest BCUT2D eigenvalue weighted by atomic mass is 16.5. The Morgan fingerprint density at radius 1 is 1.46 bits per heavy atom. The lowest BCUT2D eigenvalue weighted by atomic mass is 10.1. The van der Waals surface area contributed by atoms with E-state index in [0.717, 1.165) is 0 Å². The van der Waals surface area contributed by atoms with Gasteiger partial charge in [-0.05, 0) is 20.3 Å². The average molecular weight is 187 g/mol. The largest absolute Gasteiger partial charge is 0.469 e. The predicted octanol–water partition coefficient (Wildman–Crippen LogP) is 0.953. The fraction of sp³-hybridized carbons (Fsp3) is 0.667. The fourth-order valence-corrected chi connectivity index (χ4v) is 0.810. The van der Waals surface area contributed by atoms with E-state index in [0.29, 0.717) is 13.0 Å². The molecule has 0 aliphatic heterocycles. The number of esters is 2. The van der Waals surface area contributed by atoms with Gasteiger partial charge < -0.3 is 9.47 Å². The summed E-state index contributed by atoms with van der Waals surface area (Å²) in [6, 6.07) is 0. The molecule has 1 atom stereocenters. The summed E-state index contributed by atoms with van der Waals surface area (Å²) in [7, 11) is 1.30. The summed E-state index contributed by atoms with van der Waals surface area (Å²) < 4.78 is 9.14. The van der Waals surface area contributed by atoms with Crippen LogP contribution in [0.1, 0.15) is 19.8 Å². The molecular formula is C9H15O4. The predicted molar refractivity (Wildman–Crippen MR) is 46.7 cm³/mol. The van der Waals surface area contributed by atoms with Crippen LogP contribution in [0.5, 0.6) is 0 Å². The molecule has 0 saturated carbocycles. The highest BCUT2D eigenvalue weighted by Gasteiger charge is 2.14. The van der Waals surface area contributed by atoms with Gasteiger partial charge in [0.15, 0.2) is 0 Å². The summed E-state index contributed by atoms with van der Waals surface area (Å²) in [6.45, 7) is 5.65. The Morgan fingerprint density at radius 2 is 2.08 bits per heavy atom. The maximum Gasteiger partial charge on any atom is 0.308 e. The van der Waals surface area contributed by atoms with Crippen LogP contribution >= 0.6 is 0 Å². The third-order valence-corrected chi connectivity index (χ3v) is 1.54. The summed E-state index contributed by atoms with van der Waals surface area (Å²) in [5.41, 5.74) is 0. The van der Waals surface area contributed by atoms with Gasteiger partial charge in [0.2, 0.25) is 0 Å². The second kappa shape index (κ2) is 6.46. The molecule has 0 aliphatic carbocycles. The van der Waals surface area contributed by atoms with Crippen molar-refractivity contribution in [3.63, 3.8) is 0 Å². The molecule has 0 bridgehead atoms. The van der Waals surface area contributed by atoms with Gasteiger partial charge in [0.25, 0.3) is 0 Å². The summed E-state index contributed by atoms with van der Waals surface area (Å²) in [6.07, 6.45) is 0.572. The Morgan fingerprint density at radius 3 is 2.54 bits per heavy atom. The molecular weight excluding hydrogens is 172 g/mol. The lowest BCUT2D eigenvalue weighted by Crippen LogP contribution is -2.15. The second-order valence-electron chi connectivity index (χ2n) is 2.56. The van der Waals surface area contributed by atoms with Crippen molar-refractivity contribution >= 4 is 11.9 Å². The van der Waals surface area contributed by atoms with Crippen molar-refractivity contribution < 1.29 is 19.1 Å². The molecule has 1 unspecified atom stereocenters.